The van der Waals surface area contributed by atoms with Crippen molar-refractivity contribution in [3.63, 3.8) is 0 Å². The van der Waals surface area contributed by atoms with E-state index in [9.17, 15) is 9.59 Å². The van der Waals surface area contributed by atoms with Crippen molar-refractivity contribution >= 4 is 11.9 Å². The van der Waals surface area contributed by atoms with Gasteiger partial charge in [-0.3, -0.25) is 14.4 Å². The molecular formula is C18H24N2O5. The Labute approximate surface area is 147 Å². The summed E-state index contributed by atoms with van der Waals surface area (Å²) in [5, 5.41) is 4.71. The number of methoxy groups -OCH3 is 2. The summed E-state index contributed by atoms with van der Waals surface area (Å²) in [7, 11) is 2.97. The number of hydrogen-bond donors (Lipinski definition) is 1. The van der Waals surface area contributed by atoms with Crippen molar-refractivity contribution in [2.24, 2.45) is 5.92 Å². The molecule has 1 N–H and O–H groups in total. The fourth-order valence-electron chi connectivity index (χ4n) is 3.80. The molecule has 0 saturated carbocycles. The van der Waals surface area contributed by atoms with Gasteiger partial charge in [0.2, 0.25) is 5.91 Å². The Bertz CT molecular complexity index is 642. The van der Waals surface area contributed by atoms with Crippen molar-refractivity contribution in [1.82, 2.24) is 10.4 Å². The number of nitrogens with one attached hydrogen (secondary N) is 1. The SMILES string of the molecule is COC(=O)[C@H]1CC(=O)N(OCc2cccc(OC)c2)C12CCNCC2. The summed E-state index contributed by atoms with van der Waals surface area (Å²) < 4.78 is 10.2. The second kappa shape index (κ2) is 7.41. The smallest absolute Gasteiger partial charge is 0.311 e. The zero-order valence-electron chi connectivity index (χ0n) is 14.6. The molecule has 0 aromatic heterocycles. The van der Waals surface area contributed by atoms with Crippen LogP contribution < -0.4 is 10.1 Å². The van der Waals surface area contributed by atoms with E-state index < -0.39 is 11.5 Å². The third-order valence-electron chi connectivity index (χ3n) is 5.11. The van der Waals surface area contributed by atoms with E-state index in [4.69, 9.17) is 14.3 Å². The monoisotopic (exact) mass is 348 g/mol. The number of esters is 1. The minimum atomic E-state index is -0.631. The Morgan fingerprint density at radius 1 is 1.32 bits per heavy atom. The van der Waals surface area contributed by atoms with Crippen molar-refractivity contribution in [1.29, 1.82) is 0 Å². The molecule has 2 heterocycles. The molecule has 25 heavy (non-hydrogen) atoms. The van der Waals surface area contributed by atoms with E-state index in [0.29, 0.717) is 12.8 Å². The van der Waals surface area contributed by atoms with Gasteiger partial charge in [0, 0.05) is 6.42 Å². The third kappa shape index (κ3) is 3.34. The van der Waals surface area contributed by atoms with Crippen LogP contribution in [0.3, 0.4) is 0 Å². The Balaban J connectivity index is 1.80. The number of hydroxylamine groups is 2. The summed E-state index contributed by atoms with van der Waals surface area (Å²) in [5.41, 5.74) is 0.270. The Morgan fingerprint density at radius 3 is 2.76 bits per heavy atom. The zero-order valence-corrected chi connectivity index (χ0v) is 14.6. The molecule has 0 unspecified atom stereocenters. The van der Waals surface area contributed by atoms with Crippen LogP contribution in [-0.2, 0) is 25.8 Å². The quantitative estimate of drug-likeness (QED) is 0.808. The van der Waals surface area contributed by atoms with Crippen molar-refractivity contribution in [3.8, 4) is 5.75 Å². The summed E-state index contributed by atoms with van der Waals surface area (Å²) in [6.45, 7) is 1.71. The van der Waals surface area contributed by atoms with Gasteiger partial charge < -0.3 is 14.8 Å². The number of ether oxygens (including phenoxy) is 2. The van der Waals surface area contributed by atoms with E-state index in [0.717, 1.165) is 24.4 Å². The van der Waals surface area contributed by atoms with Crippen LogP contribution in [-0.4, -0.2) is 49.8 Å². The fourth-order valence-corrected chi connectivity index (χ4v) is 3.80. The first-order valence-corrected chi connectivity index (χ1v) is 8.48. The number of carbonyl (C=O) groups is 2. The highest BCUT2D eigenvalue weighted by Gasteiger charge is 2.57. The number of nitrogens with zero attached hydrogens (tertiary/aromatic N) is 1. The minimum Gasteiger partial charge on any atom is -0.497 e. The van der Waals surface area contributed by atoms with Crippen LogP contribution in [0.15, 0.2) is 24.3 Å². The molecule has 1 spiro atoms. The molecule has 2 aliphatic heterocycles. The van der Waals surface area contributed by atoms with Crippen LogP contribution in [0.5, 0.6) is 5.75 Å². The molecular weight excluding hydrogens is 324 g/mol. The molecule has 1 aromatic rings. The second-order valence-electron chi connectivity index (χ2n) is 6.45. The summed E-state index contributed by atoms with van der Waals surface area (Å²) in [6.07, 6.45) is 1.46. The zero-order chi connectivity index (χ0) is 17.9. The lowest BCUT2D eigenvalue weighted by molar-refractivity contribution is -0.226. The van der Waals surface area contributed by atoms with Crippen LogP contribution in [0, 0.1) is 5.92 Å². The van der Waals surface area contributed by atoms with Crippen molar-refractivity contribution in [2.75, 3.05) is 27.3 Å². The molecule has 0 radical (unpaired) electrons. The molecule has 0 bridgehead atoms. The predicted molar refractivity (Wildman–Crippen MR) is 89.6 cm³/mol. The lowest BCUT2D eigenvalue weighted by atomic mass is 9.78. The van der Waals surface area contributed by atoms with Gasteiger partial charge in [0.05, 0.1) is 25.7 Å². The van der Waals surface area contributed by atoms with Gasteiger partial charge in [0.15, 0.2) is 0 Å². The van der Waals surface area contributed by atoms with Crippen LogP contribution in [0.25, 0.3) is 0 Å². The molecule has 7 heteroatoms. The molecule has 136 valence electrons. The van der Waals surface area contributed by atoms with Crippen molar-refractivity contribution in [3.05, 3.63) is 29.8 Å². The summed E-state index contributed by atoms with van der Waals surface area (Å²) in [5.74, 6) is -0.266. The largest absolute Gasteiger partial charge is 0.497 e. The van der Waals surface area contributed by atoms with Gasteiger partial charge in [-0.25, -0.2) is 5.06 Å². The molecule has 2 fully saturated rings. The van der Waals surface area contributed by atoms with E-state index >= 15 is 0 Å². The van der Waals surface area contributed by atoms with Gasteiger partial charge in [-0.1, -0.05) is 12.1 Å². The number of piperidine rings is 1. The normalized spacial score (nSPS) is 22.2. The highest BCUT2D eigenvalue weighted by Crippen LogP contribution is 2.43. The highest BCUT2D eigenvalue weighted by molar-refractivity contribution is 5.88. The Morgan fingerprint density at radius 2 is 2.08 bits per heavy atom. The molecule has 7 nitrogen and oxygen atoms in total. The lowest BCUT2D eigenvalue weighted by Gasteiger charge is -2.42. The molecule has 0 aliphatic carbocycles. The van der Waals surface area contributed by atoms with Crippen LogP contribution in [0.1, 0.15) is 24.8 Å². The number of rotatable bonds is 5. The van der Waals surface area contributed by atoms with E-state index in [-0.39, 0.29) is 24.9 Å². The van der Waals surface area contributed by atoms with Crippen LogP contribution >= 0.6 is 0 Å². The van der Waals surface area contributed by atoms with Gasteiger partial charge >= 0.3 is 5.97 Å². The summed E-state index contributed by atoms with van der Waals surface area (Å²) in [4.78, 5) is 30.7. The van der Waals surface area contributed by atoms with E-state index in [2.05, 4.69) is 5.32 Å². The predicted octanol–water partition coefficient (Wildman–Crippen LogP) is 1.27. The fraction of sp³-hybridized carbons (Fsp3) is 0.556. The van der Waals surface area contributed by atoms with E-state index in [1.54, 1.807) is 7.11 Å². The molecule has 1 amide bonds. The average molecular weight is 348 g/mol. The van der Waals surface area contributed by atoms with Gasteiger partial charge in [-0.15, -0.1) is 0 Å². The first-order valence-electron chi connectivity index (χ1n) is 8.48. The Kier molecular flexibility index (Phi) is 5.24. The van der Waals surface area contributed by atoms with Crippen LogP contribution in [0.4, 0.5) is 0 Å². The number of benzene rings is 1. The maximum absolute atomic E-state index is 12.6. The number of amides is 1. The van der Waals surface area contributed by atoms with Gasteiger partial charge in [-0.05, 0) is 43.6 Å². The first-order chi connectivity index (χ1) is 12.1. The van der Waals surface area contributed by atoms with E-state index in [1.807, 2.05) is 24.3 Å². The van der Waals surface area contributed by atoms with Gasteiger partial charge in [0.25, 0.3) is 0 Å². The Hall–Kier alpha value is -2.12. The summed E-state index contributed by atoms with van der Waals surface area (Å²) >= 11 is 0. The van der Waals surface area contributed by atoms with Crippen molar-refractivity contribution in [2.45, 2.75) is 31.4 Å². The maximum atomic E-state index is 12.6. The topological polar surface area (TPSA) is 77.1 Å². The molecule has 1 aromatic carbocycles. The molecule has 3 rings (SSSR count). The van der Waals surface area contributed by atoms with Crippen molar-refractivity contribution < 1.29 is 23.9 Å². The molecule has 2 aliphatic rings. The minimum absolute atomic E-state index is 0.130. The molecule has 1 atom stereocenters. The average Bonchev–Trinajstić information content (AvgIpc) is 2.91. The maximum Gasteiger partial charge on any atom is 0.311 e. The highest BCUT2D eigenvalue weighted by atomic mass is 16.7. The molecule has 2 saturated heterocycles. The third-order valence-corrected chi connectivity index (χ3v) is 5.11. The first kappa shape index (κ1) is 17.7. The lowest BCUT2D eigenvalue weighted by Crippen LogP contribution is -2.56. The van der Waals surface area contributed by atoms with Crippen LogP contribution in [0.2, 0.25) is 0 Å². The van der Waals surface area contributed by atoms with E-state index in [1.165, 1.54) is 12.2 Å². The number of carbonyl (C=O) groups excluding carboxylic acids is 2. The van der Waals surface area contributed by atoms with Gasteiger partial charge in [0.1, 0.15) is 12.4 Å². The van der Waals surface area contributed by atoms with Gasteiger partial charge in [-0.2, -0.15) is 0 Å². The number of hydrogen-bond acceptors (Lipinski definition) is 6. The standard InChI is InChI=1S/C18H24N2O5/c1-23-14-5-3-4-13(10-14)12-25-20-16(21)11-15(17(22)24-2)18(20)6-8-19-9-7-18/h3-5,10,15,19H,6-9,11-12H2,1-2H3/t15-/m1/s1. The second-order valence-corrected chi connectivity index (χ2v) is 6.45. The summed E-state index contributed by atoms with van der Waals surface area (Å²) in [6, 6.07) is 7.51.